The van der Waals surface area contributed by atoms with Crippen LogP contribution in [-0.4, -0.2) is 41.6 Å². The third kappa shape index (κ3) is 7.13. The highest BCUT2D eigenvalue weighted by Crippen LogP contribution is 2.44. The summed E-state index contributed by atoms with van der Waals surface area (Å²) < 4.78 is 93.7. The van der Waals surface area contributed by atoms with Gasteiger partial charge in [0.15, 0.2) is 0 Å². The molecule has 0 radical (unpaired) electrons. The minimum atomic E-state index is -5.07. The first-order chi connectivity index (χ1) is 22.6. The third-order valence-corrected chi connectivity index (χ3v) is 7.93. The number of nitrogens with one attached hydrogen (secondary N) is 1. The number of nitrogens with zero attached hydrogens (tertiary/aromatic N) is 3. The molecule has 0 fully saturated rings. The van der Waals surface area contributed by atoms with Crippen molar-refractivity contribution in [2.24, 2.45) is 0 Å². The summed E-state index contributed by atoms with van der Waals surface area (Å²) in [5.41, 5.74) is -2.70. The number of hydrogen-bond acceptors (Lipinski definition) is 7. The smallest absolute Gasteiger partial charge is 0.416 e. The molecule has 0 bridgehead atoms. The summed E-state index contributed by atoms with van der Waals surface area (Å²) in [6, 6.07) is 18.0. The second-order valence-electron chi connectivity index (χ2n) is 11.3. The van der Waals surface area contributed by atoms with Crippen molar-refractivity contribution in [1.82, 2.24) is 15.3 Å². The lowest BCUT2D eigenvalue weighted by Gasteiger charge is -2.41. The fraction of sp³-hybridized carbons (Fsp3) is 0.294. The molecule has 1 N–H and O–H groups in total. The number of carbonyl (C=O) groups is 2. The number of halogens is 6. The van der Waals surface area contributed by atoms with Crippen LogP contribution in [0, 0.1) is 13.8 Å². The third-order valence-electron chi connectivity index (χ3n) is 7.93. The molecule has 0 saturated carbocycles. The summed E-state index contributed by atoms with van der Waals surface area (Å²) in [7, 11) is 1.20. The van der Waals surface area contributed by atoms with Crippen molar-refractivity contribution in [3.63, 3.8) is 0 Å². The lowest BCUT2D eigenvalue weighted by molar-refractivity contribution is -0.144. The highest BCUT2D eigenvalue weighted by Gasteiger charge is 2.49. The van der Waals surface area contributed by atoms with E-state index in [0.29, 0.717) is 34.6 Å². The van der Waals surface area contributed by atoms with E-state index >= 15 is 0 Å². The van der Waals surface area contributed by atoms with Gasteiger partial charge in [0.05, 0.1) is 37.7 Å². The Morgan fingerprint density at radius 3 is 2.06 bits per heavy atom. The Hall–Kier alpha value is -4.98. The summed E-state index contributed by atoms with van der Waals surface area (Å²) in [5, 5.41) is 3.24. The zero-order chi connectivity index (χ0) is 34.9. The maximum Gasteiger partial charge on any atom is 0.416 e. The van der Waals surface area contributed by atoms with E-state index in [9.17, 15) is 35.9 Å². The van der Waals surface area contributed by atoms with Gasteiger partial charge in [-0.1, -0.05) is 48.5 Å². The Kier molecular flexibility index (Phi) is 9.49. The molecular weight excluding hydrogens is 642 g/mol. The van der Waals surface area contributed by atoms with Crippen LogP contribution in [0.1, 0.15) is 45.6 Å². The number of amides is 1. The zero-order valence-corrected chi connectivity index (χ0v) is 25.9. The Morgan fingerprint density at radius 1 is 0.896 bits per heavy atom. The Bertz CT molecular complexity index is 1760. The van der Waals surface area contributed by atoms with Gasteiger partial charge in [0, 0.05) is 22.6 Å². The molecule has 14 heteroatoms. The standard InChI is InChI=1S/C34H30F6N4O4/c1-20-13-21(2)43-31(42-20)48-28(17-30(46)47-3)32(23-9-5-4-6-10-23)26-11-7-8-12-27(26)44(29(45)18-41-32)19-22-14-24(33(35,36)37)16-25(15-22)34(38,39)40/h4-16,28,41H,17-19H2,1-3H3/t28-,32+/m1/s1. The predicted molar refractivity (Wildman–Crippen MR) is 162 cm³/mol. The van der Waals surface area contributed by atoms with Crippen LogP contribution in [-0.2, 0) is 38.8 Å². The number of ether oxygens (including phenoxy) is 2. The number of rotatable bonds is 8. The van der Waals surface area contributed by atoms with Gasteiger partial charge in [0.2, 0.25) is 5.91 Å². The van der Waals surface area contributed by atoms with E-state index in [1.165, 1.54) is 13.2 Å². The molecule has 0 unspecified atom stereocenters. The van der Waals surface area contributed by atoms with E-state index < -0.39 is 65.7 Å². The lowest BCUT2D eigenvalue weighted by Crippen LogP contribution is -2.56. The maximum atomic E-state index is 13.9. The lowest BCUT2D eigenvalue weighted by atomic mass is 9.76. The zero-order valence-electron chi connectivity index (χ0n) is 25.9. The molecule has 0 aliphatic carbocycles. The maximum absolute atomic E-state index is 13.9. The average molecular weight is 673 g/mol. The van der Waals surface area contributed by atoms with Crippen LogP contribution in [0.5, 0.6) is 6.01 Å². The molecule has 0 saturated heterocycles. The number of benzene rings is 3. The fourth-order valence-electron chi connectivity index (χ4n) is 5.87. The van der Waals surface area contributed by atoms with Gasteiger partial charge in [-0.2, -0.15) is 26.3 Å². The topological polar surface area (TPSA) is 93.6 Å². The van der Waals surface area contributed by atoms with Crippen molar-refractivity contribution in [3.05, 3.63) is 118 Å². The quantitative estimate of drug-likeness (QED) is 0.168. The molecule has 5 rings (SSSR count). The van der Waals surface area contributed by atoms with Crippen molar-refractivity contribution in [2.45, 2.75) is 50.8 Å². The predicted octanol–water partition coefficient (Wildman–Crippen LogP) is 6.52. The van der Waals surface area contributed by atoms with Gasteiger partial charge in [0.25, 0.3) is 0 Å². The number of methoxy groups -OCH3 is 1. The number of fused-ring (bicyclic) bond motifs is 1. The highest BCUT2D eigenvalue weighted by molar-refractivity contribution is 5.97. The summed E-state index contributed by atoms with van der Waals surface area (Å²) in [6.07, 6.45) is -11.7. The molecule has 2 heterocycles. The van der Waals surface area contributed by atoms with Gasteiger partial charge in [-0.15, -0.1) is 0 Å². The number of anilines is 1. The van der Waals surface area contributed by atoms with Crippen molar-refractivity contribution in [1.29, 1.82) is 0 Å². The van der Waals surface area contributed by atoms with Gasteiger partial charge in [0.1, 0.15) is 11.6 Å². The van der Waals surface area contributed by atoms with Gasteiger partial charge < -0.3 is 14.4 Å². The number of aromatic nitrogens is 2. The average Bonchev–Trinajstić information content (AvgIpc) is 3.14. The molecule has 0 spiro atoms. The normalized spacial score (nSPS) is 17.4. The van der Waals surface area contributed by atoms with Crippen molar-refractivity contribution in [3.8, 4) is 6.01 Å². The van der Waals surface area contributed by atoms with E-state index in [2.05, 4.69) is 15.3 Å². The van der Waals surface area contributed by atoms with Crippen molar-refractivity contribution in [2.75, 3.05) is 18.6 Å². The van der Waals surface area contributed by atoms with Gasteiger partial charge in [-0.25, -0.2) is 9.97 Å². The molecule has 8 nitrogen and oxygen atoms in total. The van der Waals surface area contributed by atoms with Crippen LogP contribution in [0.3, 0.4) is 0 Å². The molecule has 3 aromatic carbocycles. The van der Waals surface area contributed by atoms with Crippen LogP contribution in [0.4, 0.5) is 32.0 Å². The number of para-hydroxylation sites is 1. The van der Waals surface area contributed by atoms with Gasteiger partial charge in [-0.05, 0) is 55.3 Å². The summed E-state index contributed by atoms with van der Waals surface area (Å²) in [4.78, 5) is 36.7. The van der Waals surface area contributed by atoms with Crippen LogP contribution >= 0.6 is 0 Å². The van der Waals surface area contributed by atoms with Crippen LogP contribution in [0.2, 0.25) is 0 Å². The van der Waals surface area contributed by atoms with Crippen molar-refractivity contribution < 1.29 is 45.4 Å². The largest absolute Gasteiger partial charge is 0.469 e. The second kappa shape index (κ2) is 13.3. The van der Waals surface area contributed by atoms with Gasteiger partial charge in [-0.3, -0.25) is 14.9 Å². The first kappa shape index (κ1) is 34.4. The van der Waals surface area contributed by atoms with Crippen molar-refractivity contribution >= 4 is 17.6 Å². The summed E-state index contributed by atoms with van der Waals surface area (Å²) in [5.74, 6) is -1.33. The molecule has 1 aliphatic rings. The van der Waals surface area contributed by atoms with E-state index in [-0.39, 0.29) is 24.2 Å². The molecule has 1 aliphatic heterocycles. The minimum Gasteiger partial charge on any atom is -0.469 e. The number of aryl methyl sites for hydroxylation is 2. The van der Waals surface area contributed by atoms with Crippen LogP contribution in [0.15, 0.2) is 78.9 Å². The van der Waals surface area contributed by atoms with Gasteiger partial charge >= 0.3 is 24.3 Å². The summed E-state index contributed by atoms with van der Waals surface area (Å²) in [6.45, 7) is 2.39. The Labute approximate surface area is 271 Å². The van der Waals surface area contributed by atoms with E-state index in [1.54, 1.807) is 68.4 Å². The van der Waals surface area contributed by atoms with E-state index in [0.717, 1.165) is 4.90 Å². The van der Waals surface area contributed by atoms with E-state index in [4.69, 9.17) is 9.47 Å². The molecule has 252 valence electrons. The molecule has 1 amide bonds. The van der Waals surface area contributed by atoms with Crippen LogP contribution in [0.25, 0.3) is 0 Å². The molecule has 2 atom stereocenters. The molecular formula is C34H30F6N4O4. The number of carbonyl (C=O) groups excluding carboxylic acids is 2. The Balaban J connectivity index is 1.72. The SMILES string of the molecule is COC(=O)C[C@@H](Oc1nc(C)cc(C)n1)[C@@]1(c2ccccc2)NCC(=O)N(Cc2cc(C(F)(F)F)cc(C(F)(F)F)c2)c2ccccc21. The minimum absolute atomic E-state index is 0.0352. The first-order valence-corrected chi connectivity index (χ1v) is 14.7. The number of alkyl halides is 6. The molecule has 4 aromatic rings. The highest BCUT2D eigenvalue weighted by atomic mass is 19.4. The molecule has 48 heavy (non-hydrogen) atoms. The molecule has 1 aromatic heterocycles. The first-order valence-electron chi connectivity index (χ1n) is 14.7. The van der Waals surface area contributed by atoms with E-state index in [1.807, 2.05) is 0 Å². The summed E-state index contributed by atoms with van der Waals surface area (Å²) >= 11 is 0. The van der Waals surface area contributed by atoms with Crippen LogP contribution < -0.4 is 15.0 Å². The number of esters is 1. The second-order valence-corrected chi connectivity index (χ2v) is 11.3. The monoisotopic (exact) mass is 672 g/mol. The fourth-order valence-corrected chi connectivity index (χ4v) is 5.87. The number of hydrogen-bond donors (Lipinski definition) is 1. The Morgan fingerprint density at radius 2 is 1.48 bits per heavy atom.